The Morgan fingerprint density at radius 2 is 1.88 bits per heavy atom. The predicted octanol–water partition coefficient (Wildman–Crippen LogP) is 3.15. The molecule has 1 amide bonds. The van der Waals surface area contributed by atoms with Crippen molar-refractivity contribution >= 4 is 33.2 Å². The first-order valence-corrected chi connectivity index (χ1v) is 10.2. The molecule has 2 aromatic rings. The lowest BCUT2D eigenvalue weighted by molar-refractivity contribution is 0.0940. The molecule has 0 saturated heterocycles. The molecule has 1 aliphatic rings. The maximum Gasteiger partial charge on any atom is 0.251 e. The highest BCUT2D eigenvalue weighted by molar-refractivity contribution is 7.92. The Morgan fingerprint density at radius 3 is 2.52 bits per heavy atom. The van der Waals surface area contributed by atoms with Crippen LogP contribution in [-0.2, 0) is 16.4 Å². The summed E-state index contributed by atoms with van der Waals surface area (Å²) in [6.45, 7) is 2.32. The maximum absolute atomic E-state index is 12.5. The minimum atomic E-state index is -3.29. The average molecular weight is 379 g/mol. The smallest absolute Gasteiger partial charge is 0.251 e. The number of rotatable bonds is 4. The molecule has 1 atom stereocenters. The van der Waals surface area contributed by atoms with Gasteiger partial charge in [-0.15, -0.1) is 0 Å². The molecule has 2 aromatic carbocycles. The summed E-state index contributed by atoms with van der Waals surface area (Å²) in [4.78, 5) is 12.5. The van der Waals surface area contributed by atoms with Gasteiger partial charge in [0.25, 0.3) is 5.91 Å². The van der Waals surface area contributed by atoms with Gasteiger partial charge in [0.1, 0.15) is 0 Å². The van der Waals surface area contributed by atoms with E-state index in [2.05, 4.69) is 5.32 Å². The van der Waals surface area contributed by atoms with E-state index >= 15 is 0 Å². The fraction of sp³-hybridized carbons (Fsp3) is 0.278. The number of anilines is 1. The molecular formula is C18H19ClN2O3S. The summed E-state index contributed by atoms with van der Waals surface area (Å²) in [6, 6.07) is 12.3. The fourth-order valence-corrected chi connectivity index (χ4v) is 4.06. The molecule has 7 heteroatoms. The van der Waals surface area contributed by atoms with Gasteiger partial charge in [0.2, 0.25) is 10.0 Å². The van der Waals surface area contributed by atoms with E-state index in [9.17, 15) is 13.2 Å². The molecule has 1 aliphatic heterocycles. The van der Waals surface area contributed by atoms with Gasteiger partial charge < -0.3 is 5.32 Å². The first-order valence-electron chi connectivity index (χ1n) is 7.92. The molecule has 0 radical (unpaired) electrons. The van der Waals surface area contributed by atoms with Crippen molar-refractivity contribution in [1.29, 1.82) is 0 Å². The van der Waals surface area contributed by atoms with Gasteiger partial charge >= 0.3 is 0 Å². The van der Waals surface area contributed by atoms with Crippen molar-refractivity contribution in [3.8, 4) is 0 Å². The van der Waals surface area contributed by atoms with Gasteiger partial charge in [-0.1, -0.05) is 23.7 Å². The molecular weight excluding hydrogens is 360 g/mol. The fourth-order valence-electron chi connectivity index (χ4n) is 2.97. The number of carbonyl (C=O) groups excluding carboxylic acids is 1. The number of nitrogens with zero attached hydrogens (tertiary/aromatic N) is 1. The van der Waals surface area contributed by atoms with Gasteiger partial charge in [-0.05, 0) is 54.8 Å². The van der Waals surface area contributed by atoms with Crippen LogP contribution in [0.5, 0.6) is 0 Å². The molecule has 0 aromatic heterocycles. The van der Waals surface area contributed by atoms with Crippen LogP contribution in [0.1, 0.15) is 34.5 Å². The number of halogens is 1. The highest BCUT2D eigenvalue weighted by atomic mass is 35.5. The second kappa shape index (κ2) is 6.69. The summed E-state index contributed by atoms with van der Waals surface area (Å²) >= 11 is 5.88. The van der Waals surface area contributed by atoms with Crippen molar-refractivity contribution < 1.29 is 13.2 Å². The van der Waals surface area contributed by atoms with E-state index in [1.165, 1.54) is 10.6 Å². The zero-order valence-electron chi connectivity index (χ0n) is 14.0. The van der Waals surface area contributed by atoms with Crippen molar-refractivity contribution in [1.82, 2.24) is 5.32 Å². The molecule has 1 unspecified atom stereocenters. The highest BCUT2D eigenvalue weighted by Gasteiger charge is 2.26. The van der Waals surface area contributed by atoms with Gasteiger partial charge in [0, 0.05) is 17.1 Å². The first kappa shape index (κ1) is 17.8. The summed E-state index contributed by atoms with van der Waals surface area (Å²) in [5.74, 6) is -0.192. The van der Waals surface area contributed by atoms with Crippen LogP contribution in [0.25, 0.3) is 0 Å². The highest BCUT2D eigenvalue weighted by Crippen LogP contribution is 2.30. The van der Waals surface area contributed by atoms with Crippen molar-refractivity contribution in [3.05, 3.63) is 64.2 Å². The summed E-state index contributed by atoms with van der Waals surface area (Å²) < 4.78 is 24.9. The second-order valence-electron chi connectivity index (χ2n) is 6.18. The van der Waals surface area contributed by atoms with E-state index in [0.29, 0.717) is 29.2 Å². The third-order valence-electron chi connectivity index (χ3n) is 4.31. The van der Waals surface area contributed by atoms with Crippen LogP contribution in [-0.4, -0.2) is 27.1 Å². The van der Waals surface area contributed by atoms with E-state index in [4.69, 9.17) is 11.6 Å². The molecule has 0 aliphatic carbocycles. The van der Waals surface area contributed by atoms with Gasteiger partial charge in [-0.25, -0.2) is 8.42 Å². The van der Waals surface area contributed by atoms with Crippen LogP contribution < -0.4 is 9.62 Å². The van der Waals surface area contributed by atoms with Gasteiger partial charge in [-0.3, -0.25) is 9.10 Å². The third-order valence-corrected chi connectivity index (χ3v) is 5.74. The normalized spacial score (nSPS) is 14.9. The zero-order chi connectivity index (χ0) is 18.2. The molecule has 132 valence electrons. The Kier molecular flexibility index (Phi) is 4.75. The molecule has 0 bridgehead atoms. The van der Waals surface area contributed by atoms with Gasteiger partial charge in [0.15, 0.2) is 0 Å². The number of amides is 1. The lowest BCUT2D eigenvalue weighted by Crippen LogP contribution is -2.28. The van der Waals surface area contributed by atoms with Gasteiger partial charge in [-0.2, -0.15) is 0 Å². The summed E-state index contributed by atoms with van der Waals surface area (Å²) in [7, 11) is -3.29. The maximum atomic E-state index is 12.5. The zero-order valence-corrected chi connectivity index (χ0v) is 15.6. The largest absolute Gasteiger partial charge is 0.346 e. The van der Waals surface area contributed by atoms with Crippen molar-refractivity contribution in [2.75, 3.05) is 17.1 Å². The Bertz CT molecular complexity index is 910. The molecule has 0 fully saturated rings. The van der Waals surface area contributed by atoms with Crippen LogP contribution in [0.3, 0.4) is 0 Å². The number of nitrogens with one attached hydrogen (secondary N) is 1. The number of benzene rings is 2. The van der Waals surface area contributed by atoms with Crippen LogP contribution >= 0.6 is 11.6 Å². The van der Waals surface area contributed by atoms with Crippen molar-refractivity contribution in [3.63, 3.8) is 0 Å². The molecule has 25 heavy (non-hydrogen) atoms. The van der Waals surface area contributed by atoms with Gasteiger partial charge in [0.05, 0.1) is 18.0 Å². The topological polar surface area (TPSA) is 66.5 Å². The van der Waals surface area contributed by atoms with Crippen LogP contribution in [0.2, 0.25) is 5.02 Å². The van der Waals surface area contributed by atoms with E-state index in [1.807, 2.05) is 19.1 Å². The van der Waals surface area contributed by atoms with E-state index < -0.39 is 10.0 Å². The quantitative estimate of drug-likeness (QED) is 0.888. The summed E-state index contributed by atoms with van der Waals surface area (Å²) in [6.07, 6.45) is 1.80. The monoisotopic (exact) mass is 378 g/mol. The van der Waals surface area contributed by atoms with Crippen molar-refractivity contribution in [2.24, 2.45) is 0 Å². The van der Waals surface area contributed by atoms with Crippen LogP contribution in [0, 0.1) is 0 Å². The third kappa shape index (κ3) is 3.80. The number of hydrogen-bond donors (Lipinski definition) is 1. The molecule has 5 nitrogen and oxygen atoms in total. The van der Waals surface area contributed by atoms with Crippen LogP contribution in [0.4, 0.5) is 5.69 Å². The molecule has 1 N–H and O–H groups in total. The van der Waals surface area contributed by atoms with Crippen molar-refractivity contribution in [2.45, 2.75) is 19.4 Å². The molecule has 0 saturated carbocycles. The lowest BCUT2D eigenvalue weighted by atomic mass is 10.1. The number of carbonyl (C=O) groups is 1. The number of hydrogen-bond acceptors (Lipinski definition) is 3. The lowest BCUT2D eigenvalue weighted by Gasteiger charge is -2.17. The molecule has 0 spiro atoms. The Hall–Kier alpha value is -2.05. The second-order valence-corrected chi connectivity index (χ2v) is 8.52. The van der Waals surface area contributed by atoms with Crippen LogP contribution in [0.15, 0.2) is 42.5 Å². The Balaban J connectivity index is 1.77. The summed E-state index contributed by atoms with van der Waals surface area (Å²) in [5, 5.41) is 3.60. The number of fused-ring (bicyclic) bond motifs is 1. The average Bonchev–Trinajstić information content (AvgIpc) is 2.98. The Labute approximate surface area is 152 Å². The van der Waals surface area contributed by atoms with E-state index in [-0.39, 0.29) is 11.9 Å². The predicted molar refractivity (Wildman–Crippen MR) is 99.7 cm³/mol. The minimum Gasteiger partial charge on any atom is -0.346 e. The van der Waals surface area contributed by atoms with E-state index in [0.717, 1.165) is 11.1 Å². The molecule has 1 heterocycles. The summed E-state index contributed by atoms with van der Waals surface area (Å²) in [5.41, 5.74) is 3.01. The molecule has 3 rings (SSSR count). The first-order chi connectivity index (χ1) is 11.8. The number of sulfonamides is 1. The minimum absolute atomic E-state index is 0.162. The standard InChI is InChI=1S/C18H19ClN2O3S/c1-12(13-3-6-16(19)7-4-13)20-18(22)15-5-8-17-14(11-15)9-10-21(17)25(2,23)24/h3-8,11-12H,9-10H2,1-2H3,(H,20,22). The SMILES string of the molecule is CC(NC(=O)c1ccc2c(c1)CCN2S(C)(=O)=O)c1ccc(Cl)cc1. The Morgan fingerprint density at radius 1 is 1.20 bits per heavy atom. The van der Waals surface area contributed by atoms with E-state index in [1.54, 1.807) is 30.3 Å².